The number of nitrogens with one attached hydrogen (secondary N) is 2. The normalized spacial score (nSPS) is 22.1. The van der Waals surface area contributed by atoms with Gasteiger partial charge in [0.1, 0.15) is 0 Å². The summed E-state index contributed by atoms with van der Waals surface area (Å²) in [6.45, 7) is 7.44. The van der Waals surface area contributed by atoms with Gasteiger partial charge >= 0.3 is 5.97 Å². The molecule has 0 aromatic heterocycles. The number of ether oxygens (including phenoxy) is 1. The Morgan fingerprint density at radius 1 is 1.62 bits per heavy atom. The highest BCUT2D eigenvalue weighted by Gasteiger charge is 2.24. The van der Waals surface area contributed by atoms with Crippen LogP contribution in [0.2, 0.25) is 0 Å². The van der Waals surface area contributed by atoms with Crippen molar-refractivity contribution in [3.8, 4) is 0 Å². The number of methoxy groups -OCH3 is 1. The van der Waals surface area contributed by atoms with Crippen LogP contribution < -0.4 is 10.6 Å². The molecule has 2 N–H and O–H groups in total. The highest BCUT2D eigenvalue weighted by atomic mass is 16.5. The van der Waals surface area contributed by atoms with Crippen molar-refractivity contribution < 1.29 is 9.53 Å². The second-order valence-corrected chi connectivity index (χ2v) is 3.00. The topological polar surface area (TPSA) is 50.4 Å². The van der Waals surface area contributed by atoms with Crippen LogP contribution in [0.1, 0.15) is 13.8 Å². The molecular weight excluding hydrogens is 168 g/mol. The minimum absolute atomic E-state index is 0.0544. The van der Waals surface area contributed by atoms with Crippen LogP contribution in [0.4, 0.5) is 0 Å². The lowest BCUT2D eigenvalue weighted by Gasteiger charge is -2.27. The van der Waals surface area contributed by atoms with Gasteiger partial charge in [-0.1, -0.05) is 6.58 Å². The van der Waals surface area contributed by atoms with Crippen molar-refractivity contribution in [2.75, 3.05) is 7.11 Å². The summed E-state index contributed by atoms with van der Waals surface area (Å²) in [7, 11) is 1.37. The van der Waals surface area contributed by atoms with Crippen molar-refractivity contribution in [1.82, 2.24) is 10.6 Å². The number of hydrogen-bond donors (Lipinski definition) is 2. The average Bonchev–Trinajstić information content (AvgIpc) is 2.02. The van der Waals surface area contributed by atoms with Gasteiger partial charge in [-0.2, -0.15) is 0 Å². The van der Waals surface area contributed by atoms with E-state index in [9.17, 15) is 4.79 Å². The van der Waals surface area contributed by atoms with E-state index in [2.05, 4.69) is 21.9 Å². The molecule has 72 valence electrons. The predicted molar refractivity (Wildman–Crippen MR) is 49.6 cm³/mol. The minimum Gasteiger partial charge on any atom is -0.466 e. The van der Waals surface area contributed by atoms with Crippen LogP contribution in [-0.4, -0.2) is 19.1 Å². The average molecular weight is 182 g/mol. The Labute approximate surface area is 77.6 Å². The molecule has 0 aromatic rings. The SMILES string of the molecule is C=C1NC(C)=C(C(=O)OC)C(C)N1. The molecule has 1 unspecified atom stereocenters. The van der Waals surface area contributed by atoms with Crippen LogP contribution in [0.5, 0.6) is 0 Å². The number of allylic oxidation sites excluding steroid dienone is 1. The first-order valence-corrected chi connectivity index (χ1v) is 4.07. The molecular formula is C9H14N2O2. The van der Waals surface area contributed by atoms with Gasteiger partial charge in [-0.3, -0.25) is 0 Å². The van der Waals surface area contributed by atoms with E-state index in [1.54, 1.807) is 0 Å². The smallest absolute Gasteiger partial charge is 0.337 e. The number of esters is 1. The van der Waals surface area contributed by atoms with Crippen molar-refractivity contribution in [1.29, 1.82) is 0 Å². The molecule has 0 radical (unpaired) electrons. The lowest BCUT2D eigenvalue weighted by atomic mass is 10.1. The molecule has 1 atom stereocenters. The van der Waals surface area contributed by atoms with Gasteiger partial charge in [-0.25, -0.2) is 4.79 Å². The van der Waals surface area contributed by atoms with Gasteiger partial charge in [0.2, 0.25) is 0 Å². The first kappa shape index (κ1) is 9.64. The van der Waals surface area contributed by atoms with E-state index >= 15 is 0 Å². The van der Waals surface area contributed by atoms with Gasteiger partial charge in [0.25, 0.3) is 0 Å². The van der Waals surface area contributed by atoms with Crippen LogP contribution in [0, 0.1) is 0 Å². The fraction of sp³-hybridized carbons (Fsp3) is 0.444. The zero-order valence-corrected chi connectivity index (χ0v) is 8.10. The Bertz CT molecular complexity index is 281. The van der Waals surface area contributed by atoms with E-state index in [0.717, 1.165) is 5.70 Å². The zero-order valence-electron chi connectivity index (χ0n) is 8.10. The van der Waals surface area contributed by atoms with E-state index in [0.29, 0.717) is 11.4 Å². The van der Waals surface area contributed by atoms with Gasteiger partial charge < -0.3 is 15.4 Å². The quantitative estimate of drug-likeness (QED) is 0.579. The Morgan fingerprint density at radius 3 is 2.69 bits per heavy atom. The summed E-state index contributed by atoms with van der Waals surface area (Å²) in [5.74, 6) is 0.398. The Morgan fingerprint density at radius 2 is 2.23 bits per heavy atom. The third-order valence-electron chi connectivity index (χ3n) is 1.97. The fourth-order valence-corrected chi connectivity index (χ4v) is 1.43. The maximum atomic E-state index is 11.3. The molecule has 1 aliphatic rings. The molecule has 0 saturated heterocycles. The van der Waals surface area contributed by atoms with Gasteiger partial charge in [0, 0.05) is 5.70 Å². The summed E-state index contributed by atoms with van der Waals surface area (Å²) < 4.78 is 4.66. The van der Waals surface area contributed by atoms with Crippen LogP contribution in [-0.2, 0) is 9.53 Å². The van der Waals surface area contributed by atoms with Crippen molar-refractivity contribution in [3.05, 3.63) is 23.7 Å². The largest absolute Gasteiger partial charge is 0.466 e. The Hall–Kier alpha value is -1.45. The van der Waals surface area contributed by atoms with Crippen molar-refractivity contribution in [2.45, 2.75) is 19.9 Å². The molecule has 1 aliphatic heterocycles. The highest BCUT2D eigenvalue weighted by molar-refractivity contribution is 5.90. The number of hydrogen-bond acceptors (Lipinski definition) is 4. The van der Waals surface area contributed by atoms with Crippen LogP contribution in [0.3, 0.4) is 0 Å². The molecule has 0 aliphatic carbocycles. The van der Waals surface area contributed by atoms with Gasteiger partial charge in [-0.15, -0.1) is 0 Å². The predicted octanol–water partition coefficient (Wildman–Crippen LogP) is 0.486. The van der Waals surface area contributed by atoms with Crippen LogP contribution in [0.25, 0.3) is 0 Å². The number of carbonyl (C=O) groups excluding carboxylic acids is 1. The van der Waals surface area contributed by atoms with Crippen LogP contribution in [0.15, 0.2) is 23.7 Å². The summed E-state index contributed by atoms with van der Waals surface area (Å²) in [4.78, 5) is 11.3. The second-order valence-electron chi connectivity index (χ2n) is 3.00. The zero-order chi connectivity index (χ0) is 10.0. The van der Waals surface area contributed by atoms with E-state index in [-0.39, 0.29) is 12.0 Å². The monoisotopic (exact) mass is 182 g/mol. The third kappa shape index (κ3) is 1.83. The summed E-state index contributed by atoms with van der Waals surface area (Å²) in [5.41, 5.74) is 1.41. The molecule has 0 bridgehead atoms. The first-order chi connectivity index (χ1) is 6.06. The number of rotatable bonds is 1. The van der Waals surface area contributed by atoms with Gasteiger partial charge in [0.05, 0.1) is 24.5 Å². The molecule has 4 nitrogen and oxygen atoms in total. The van der Waals surface area contributed by atoms with Crippen molar-refractivity contribution in [3.63, 3.8) is 0 Å². The molecule has 13 heavy (non-hydrogen) atoms. The Balaban J connectivity index is 2.97. The fourth-order valence-electron chi connectivity index (χ4n) is 1.43. The van der Waals surface area contributed by atoms with E-state index in [4.69, 9.17) is 0 Å². The summed E-state index contributed by atoms with van der Waals surface area (Å²) in [5, 5.41) is 5.96. The molecule has 0 saturated carbocycles. The molecule has 0 fully saturated rings. The van der Waals surface area contributed by atoms with Crippen molar-refractivity contribution in [2.24, 2.45) is 0 Å². The number of carbonyl (C=O) groups is 1. The molecule has 0 aromatic carbocycles. The highest BCUT2D eigenvalue weighted by Crippen LogP contribution is 2.14. The van der Waals surface area contributed by atoms with Crippen LogP contribution >= 0.6 is 0 Å². The van der Waals surface area contributed by atoms with Gasteiger partial charge in [0.15, 0.2) is 0 Å². The molecule has 0 amide bonds. The summed E-state index contributed by atoms with van der Waals surface area (Å²) in [6, 6.07) is -0.0544. The maximum absolute atomic E-state index is 11.3. The first-order valence-electron chi connectivity index (χ1n) is 4.07. The van der Waals surface area contributed by atoms with E-state index < -0.39 is 0 Å². The molecule has 0 spiro atoms. The summed E-state index contributed by atoms with van der Waals surface area (Å²) >= 11 is 0. The minimum atomic E-state index is -0.308. The maximum Gasteiger partial charge on any atom is 0.337 e. The standard InChI is InChI=1S/C9H14N2O2/c1-5-8(9(12)13-4)6(2)11-7(3)10-5/h5,10-11H,3H2,1-2,4H3. The second kappa shape index (κ2) is 3.51. The van der Waals surface area contributed by atoms with Crippen molar-refractivity contribution >= 4 is 5.97 Å². The summed E-state index contributed by atoms with van der Waals surface area (Å²) in [6.07, 6.45) is 0. The van der Waals surface area contributed by atoms with E-state index in [1.807, 2.05) is 13.8 Å². The lowest BCUT2D eigenvalue weighted by molar-refractivity contribution is -0.136. The molecule has 1 rings (SSSR count). The molecule has 1 heterocycles. The van der Waals surface area contributed by atoms with E-state index in [1.165, 1.54) is 7.11 Å². The third-order valence-corrected chi connectivity index (χ3v) is 1.97. The molecule has 4 heteroatoms. The lowest BCUT2D eigenvalue weighted by Crippen LogP contribution is -2.42. The Kier molecular flexibility index (Phi) is 2.60. The van der Waals surface area contributed by atoms with Gasteiger partial charge in [-0.05, 0) is 13.8 Å².